The Bertz CT molecular complexity index is 208. The molecule has 1 aliphatic heterocycles. The Morgan fingerprint density at radius 2 is 2.06 bits per heavy atom. The van der Waals surface area contributed by atoms with Crippen molar-refractivity contribution >= 4 is 5.91 Å². The number of amides is 1. The van der Waals surface area contributed by atoms with Crippen molar-refractivity contribution in [1.29, 1.82) is 0 Å². The molecular formula is C11H23N3O3. The van der Waals surface area contributed by atoms with Crippen LogP contribution in [0.2, 0.25) is 0 Å². The predicted octanol–water partition coefficient (Wildman–Crippen LogP) is -1.15. The number of rotatable bonds is 8. The minimum absolute atomic E-state index is 0.0266. The molecule has 6 nitrogen and oxygen atoms in total. The van der Waals surface area contributed by atoms with E-state index < -0.39 is 0 Å². The smallest absolute Gasteiger partial charge is 0.233 e. The first-order chi connectivity index (χ1) is 8.33. The summed E-state index contributed by atoms with van der Waals surface area (Å²) < 4.78 is 11.0. The Hall–Kier alpha value is -0.690. The molecular weight excluding hydrogens is 222 g/mol. The Kier molecular flexibility index (Phi) is 7.91. The average Bonchev–Trinajstić information content (AvgIpc) is 2.38. The highest BCUT2D eigenvalue weighted by atomic mass is 16.5. The van der Waals surface area contributed by atoms with Crippen molar-refractivity contribution in [1.82, 2.24) is 10.6 Å². The highest BCUT2D eigenvalue weighted by Gasteiger charge is 2.12. The summed E-state index contributed by atoms with van der Waals surface area (Å²) in [5.74, 6) is -0.153. The molecule has 4 N–H and O–H groups in total. The molecule has 0 spiro atoms. The molecule has 0 aromatic carbocycles. The standard InChI is InChI=1S/C11H23N3O3/c12-9-11(15)14-5-6-16-7-8-17-10-1-3-13-4-2-10/h10,13H,1-9,12H2,(H,14,15). The first kappa shape index (κ1) is 14.4. The molecule has 0 aliphatic carbocycles. The molecule has 100 valence electrons. The van der Waals surface area contributed by atoms with E-state index in [1.165, 1.54) is 0 Å². The van der Waals surface area contributed by atoms with Gasteiger partial charge in [0.15, 0.2) is 0 Å². The van der Waals surface area contributed by atoms with Crippen molar-refractivity contribution in [3.05, 3.63) is 0 Å². The molecule has 0 aromatic heterocycles. The van der Waals surface area contributed by atoms with Crippen molar-refractivity contribution in [2.45, 2.75) is 18.9 Å². The number of hydrogen-bond donors (Lipinski definition) is 3. The van der Waals surface area contributed by atoms with Crippen LogP contribution in [-0.2, 0) is 14.3 Å². The molecule has 1 heterocycles. The van der Waals surface area contributed by atoms with Crippen LogP contribution in [-0.4, -0.2) is 58.0 Å². The number of carbonyl (C=O) groups excluding carboxylic acids is 1. The molecule has 0 atom stereocenters. The van der Waals surface area contributed by atoms with Gasteiger partial charge in [0.1, 0.15) is 0 Å². The third-order valence-electron chi connectivity index (χ3n) is 2.62. The van der Waals surface area contributed by atoms with Crippen molar-refractivity contribution in [2.75, 3.05) is 46.0 Å². The largest absolute Gasteiger partial charge is 0.377 e. The summed E-state index contributed by atoms with van der Waals surface area (Å²) in [6.45, 7) is 4.30. The molecule has 0 radical (unpaired) electrons. The molecule has 1 aliphatic rings. The monoisotopic (exact) mass is 245 g/mol. The quantitative estimate of drug-likeness (QED) is 0.470. The third-order valence-corrected chi connectivity index (χ3v) is 2.62. The topological polar surface area (TPSA) is 85.6 Å². The maximum absolute atomic E-state index is 10.8. The normalized spacial score (nSPS) is 17.0. The van der Waals surface area contributed by atoms with Crippen LogP contribution < -0.4 is 16.4 Å². The van der Waals surface area contributed by atoms with Gasteiger partial charge in [-0.2, -0.15) is 0 Å². The van der Waals surface area contributed by atoms with Gasteiger partial charge in [0, 0.05) is 6.54 Å². The van der Waals surface area contributed by atoms with E-state index in [1.807, 2.05) is 0 Å². The SMILES string of the molecule is NCC(=O)NCCOCCOC1CCNCC1. The third kappa shape index (κ3) is 7.27. The van der Waals surface area contributed by atoms with E-state index in [4.69, 9.17) is 15.2 Å². The lowest BCUT2D eigenvalue weighted by Crippen LogP contribution is -2.34. The van der Waals surface area contributed by atoms with Gasteiger partial charge in [-0.3, -0.25) is 4.79 Å². The van der Waals surface area contributed by atoms with Gasteiger partial charge in [-0.05, 0) is 25.9 Å². The molecule has 1 fully saturated rings. The number of nitrogens with two attached hydrogens (primary N) is 1. The summed E-state index contributed by atoms with van der Waals surface area (Å²) in [5.41, 5.74) is 5.14. The molecule has 0 aromatic rings. The number of nitrogens with one attached hydrogen (secondary N) is 2. The molecule has 0 unspecified atom stereocenters. The Labute approximate surface area is 102 Å². The molecule has 0 saturated carbocycles. The van der Waals surface area contributed by atoms with E-state index in [0.717, 1.165) is 25.9 Å². The fourth-order valence-electron chi connectivity index (χ4n) is 1.67. The Morgan fingerprint density at radius 1 is 1.29 bits per heavy atom. The van der Waals surface area contributed by atoms with Crippen molar-refractivity contribution in [3.63, 3.8) is 0 Å². The molecule has 1 rings (SSSR count). The van der Waals surface area contributed by atoms with E-state index in [-0.39, 0.29) is 12.5 Å². The van der Waals surface area contributed by atoms with Crippen LogP contribution >= 0.6 is 0 Å². The zero-order valence-electron chi connectivity index (χ0n) is 10.2. The molecule has 1 saturated heterocycles. The van der Waals surface area contributed by atoms with E-state index in [9.17, 15) is 4.79 Å². The summed E-state index contributed by atoms with van der Waals surface area (Å²) in [6.07, 6.45) is 2.52. The van der Waals surface area contributed by atoms with Gasteiger partial charge in [0.25, 0.3) is 0 Å². The molecule has 1 amide bonds. The van der Waals surface area contributed by atoms with Crippen molar-refractivity contribution in [2.24, 2.45) is 5.73 Å². The van der Waals surface area contributed by atoms with E-state index in [2.05, 4.69) is 10.6 Å². The molecule has 17 heavy (non-hydrogen) atoms. The lowest BCUT2D eigenvalue weighted by atomic mass is 10.1. The summed E-state index contributed by atoms with van der Waals surface area (Å²) in [7, 11) is 0. The maximum Gasteiger partial charge on any atom is 0.233 e. The molecule has 0 bridgehead atoms. The van der Waals surface area contributed by atoms with Crippen LogP contribution in [0, 0.1) is 0 Å². The fraction of sp³-hybridized carbons (Fsp3) is 0.909. The summed E-state index contributed by atoms with van der Waals surface area (Å²) in [4.78, 5) is 10.8. The number of carbonyl (C=O) groups is 1. The van der Waals surface area contributed by atoms with Crippen LogP contribution in [0.3, 0.4) is 0 Å². The van der Waals surface area contributed by atoms with Gasteiger partial charge in [-0.15, -0.1) is 0 Å². The van der Waals surface area contributed by atoms with Crippen LogP contribution in [0.4, 0.5) is 0 Å². The van der Waals surface area contributed by atoms with Gasteiger partial charge in [-0.25, -0.2) is 0 Å². The Morgan fingerprint density at radius 3 is 2.76 bits per heavy atom. The van der Waals surface area contributed by atoms with E-state index >= 15 is 0 Å². The summed E-state index contributed by atoms with van der Waals surface area (Å²) in [5, 5.41) is 5.92. The highest BCUT2D eigenvalue weighted by molar-refractivity contribution is 5.77. The van der Waals surface area contributed by atoms with E-state index in [1.54, 1.807) is 0 Å². The van der Waals surface area contributed by atoms with Crippen molar-refractivity contribution < 1.29 is 14.3 Å². The van der Waals surface area contributed by atoms with Gasteiger partial charge in [-0.1, -0.05) is 0 Å². The fourth-order valence-corrected chi connectivity index (χ4v) is 1.67. The predicted molar refractivity (Wildman–Crippen MR) is 64.7 cm³/mol. The first-order valence-corrected chi connectivity index (χ1v) is 6.19. The van der Waals surface area contributed by atoms with Crippen LogP contribution in [0.25, 0.3) is 0 Å². The van der Waals surface area contributed by atoms with Crippen molar-refractivity contribution in [3.8, 4) is 0 Å². The number of hydrogen-bond acceptors (Lipinski definition) is 5. The van der Waals surface area contributed by atoms with Crippen LogP contribution in [0.5, 0.6) is 0 Å². The average molecular weight is 245 g/mol. The number of ether oxygens (including phenoxy) is 2. The summed E-state index contributed by atoms with van der Waals surface area (Å²) >= 11 is 0. The number of piperidine rings is 1. The van der Waals surface area contributed by atoms with Crippen LogP contribution in [0.1, 0.15) is 12.8 Å². The van der Waals surface area contributed by atoms with Crippen LogP contribution in [0.15, 0.2) is 0 Å². The molecule has 6 heteroatoms. The first-order valence-electron chi connectivity index (χ1n) is 6.19. The lowest BCUT2D eigenvalue weighted by Gasteiger charge is -2.22. The zero-order valence-corrected chi connectivity index (χ0v) is 10.2. The second-order valence-electron chi connectivity index (χ2n) is 3.99. The second kappa shape index (κ2) is 9.35. The summed E-state index contributed by atoms with van der Waals surface area (Å²) in [6, 6.07) is 0. The van der Waals surface area contributed by atoms with E-state index in [0.29, 0.717) is 32.5 Å². The lowest BCUT2D eigenvalue weighted by molar-refractivity contribution is -0.120. The zero-order chi connectivity index (χ0) is 12.3. The van der Waals surface area contributed by atoms with Gasteiger partial charge >= 0.3 is 0 Å². The maximum atomic E-state index is 10.8. The van der Waals surface area contributed by atoms with Gasteiger partial charge in [0.2, 0.25) is 5.91 Å². The minimum atomic E-state index is -0.153. The second-order valence-corrected chi connectivity index (χ2v) is 3.99. The highest BCUT2D eigenvalue weighted by Crippen LogP contribution is 2.06. The Balaban J connectivity index is 1.82. The van der Waals surface area contributed by atoms with Gasteiger partial charge in [0.05, 0.1) is 32.5 Å². The minimum Gasteiger partial charge on any atom is -0.377 e. The van der Waals surface area contributed by atoms with Gasteiger partial charge < -0.3 is 25.8 Å².